The van der Waals surface area contributed by atoms with Crippen molar-refractivity contribution in [3.05, 3.63) is 109 Å². The Morgan fingerprint density at radius 1 is 0.763 bits per heavy atom. The predicted octanol–water partition coefficient (Wildman–Crippen LogP) is 7.38. The van der Waals surface area contributed by atoms with Crippen molar-refractivity contribution in [1.82, 2.24) is 19.5 Å². The zero-order chi connectivity index (χ0) is 26.5. The van der Waals surface area contributed by atoms with Gasteiger partial charge < -0.3 is 9.88 Å². The number of rotatable bonds is 8. The first kappa shape index (κ1) is 25.1. The van der Waals surface area contributed by atoms with Gasteiger partial charge in [-0.15, -0.1) is 0 Å². The zero-order valence-corrected chi connectivity index (χ0v) is 20.2. The number of halogens is 4. The predicted molar refractivity (Wildman–Crippen MR) is 139 cm³/mol. The van der Waals surface area contributed by atoms with Crippen LogP contribution in [0.15, 0.2) is 97.5 Å². The average Bonchev–Trinajstić information content (AvgIpc) is 3.36. The minimum absolute atomic E-state index is 0.322. The normalized spacial score (nSPS) is 11.5. The molecule has 0 atom stereocenters. The van der Waals surface area contributed by atoms with Crippen molar-refractivity contribution in [2.75, 3.05) is 5.32 Å². The summed E-state index contributed by atoms with van der Waals surface area (Å²) in [4.78, 5) is 13.2. The highest BCUT2D eigenvalue weighted by Gasteiger charge is 2.28. The van der Waals surface area contributed by atoms with Gasteiger partial charge in [-0.05, 0) is 47.0 Å². The Hall–Kier alpha value is -4.53. The van der Waals surface area contributed by atoms with Crippen LogP contribution in [-0.4, -0.2) is 25.7 Å². The van der Waals surface area contributed by atoms with Crippen molar-refractivity contribution in [2.45, 2.75) is 25.7 Å². The highest BCUT2D eigenvalue weighted by molar-refractivity contribution is 5.77. The van der Waals surface area contributed by atoms with E-state index in [4.69, 9.17) is 0 Å². The Kier molecular flexibility index (Phi) is 7.17. The van der Waals surface area contributed by atoms with Crippen LogP contribution in [0, 0.1) is 5.82 Å². The lowest BCUT2D eigenvalue weighted by molar-refractivity contribution is -0.136. The third kappa shape index (κ3) is 6.05. The fourth-order valence-electron chi connectivity index (χ4n) is 4.09. The largest absolute Gasteiger partial charge is 0.390 e. The number of nitrogens with zero attached hydrogens (tertiary/aromatic N) is 4. The molecule has 0 unspecified atom stereocenters. The van der Waals surface area contributed by atoms with Crippen molar-refractivity contribution in [2.24, 2.45) is 0 Å². The molecule has 192 valence electrons. The number of anilines is 1. The number of hydrogen-bond acceptors (Lipinski definition) is 4. The molecule has 0 bridgehead atoms. The van der Waals surface area contributed by atoms with Crippen molar-refractivity contribution < 1.29 is 17.6 Å². The Morgan fingerprint density at radius 3 is 2.16 bits per heavy atom. The number of hydrogen-bond donors (Lipinski definition) is 1. The molecule has 38 heavy (non-hydrogen) atoms. The van der Waals surface area contributed by atoms with Gasteiger partial charge in [0.15, 0.2) is 0 Å². The van der Waals surface area contributed by atoms with Gasteiger partial charge in [0.05, 0.1) is 29.8 Å². The number of imidazole rings is 1. The minimum atomic E-state index is -4.33. The molecule has 0 saturated carbocycles. The van der Waals surface area contributed by atoms with Gasteiger partial charge in [-0.25, -0.2) is 19.3 Å². The fourth-order valence-corrected chi connectivity index (χ4v) is 4.09. The maximum atomic E-state index is 13.5. The van der Waals surface area contributed by atoms with Gasteiger partial charge in [-0.3, -0.25) is 0 Å². The molecule has 1 N–H and O–H groups in total. The average molecular weight is 518 g/mol. The van der Waals surface area contributed by atoms with Gasteiger partial charge in [-0.2, -0.15) is 13.2 Å². The van der Waals surface area contributed by atoms with Gasteiger partial charge in [-0.1, -0.05) is 54.6 Å². The molecule has 5 aromatic rings. The van der Waals surface area contributed by atoms with Crippen molar-refractivity contribution in [1.29, 1.82) is 0 Å². The fraction of sp³-hybridized carbons (Fsp3) is 0.138. The summed E-state index contributed by atoms with van der Waals surface area (Å²) >= 11 is 0. The van der Waals surface area contributed by atoms with Gasteiger partial charge in [0.2, 0.25) is 5.95 Å². The molecule has 0 amide bonds. The van der Waals surface area contributed by atoms with Gasteiger partial charge >= 0.3 is 6.18 Å². The smallest absolute Gasteiger partial charge is 0.350 e. The van der Waals surface area contributed by atoms with Crippen LogP contribution >= 0.6 is 0 Å². The second kappa shape index (κ2) is 10.8. The number of nitrogens with one attached hydrogen (secondary N) is 1. The number of aryl methyl sites for hydroxylation is 1. The van der Waals surface area contributed by atoms with E-state index in [0.29, 0.717) is 35.1 Å². The monoisotopic (exact) mass is 517 g/mol. The topological polar surface area (TPSA) is 55.6 Å². The maximum absolute atomic E-state index is 13.5. The first-order chi connectivity index (χ1) is 18.4. The highest BCUT2D eigenvalue weighted by Crippen LogP contribution is 2.32. The van der Waals surface area contributed by atoms with Crippen LogP contribution in [0.5, 0.6) is 0 Å². The summed E-state index contributed by atoms with van der Waals surface area (Å²) in [5.74, 6) is -0.0969. The van der Waals surface area contributed by atoms with Crippen LogP contribution in [-0.2, 0) is 13.1 Å². The molecule has 9 heteroatoms. The summed E-state index contributed by atoms with van der Waals surface area (Å²) in [7, 11) is 0. The second-order valence-electron chi connectivity index (χ2n) is 8.69. The van der Waals surface area contributed by atoms with E-state index in [1.807, 2.05) is 54.6 Å². The summed E-state index contributed by atoms with van der Waals surface area (Å²) in [6, 6.07) is 25.4. The number of aromatic nitrogens is 4. The molecular weight excluding hydrogens is 494 g/mol. The van der Waals surface area contributed by atoms with Gasteiger partial charge in [0.25, 0.3) is 0 Å². The molecule has 0 saturated heterocycles. The highest BCUT2D eigenvalue weighted by atomic mass is 19.4. The lowest BCUT2D eigenvalue weighted by atomic mass is 10.0. The summed E-state index contributed by atoms with van der Waals surface area (Å²) < 4.78 is 53.9. The van der Waals surface area contributed by atoms with Crippen molar-refractivity contribution >= 4 is 5.95 Å². The second-order valence-corrected chi connectivity index (χ2v) is 8.69. The van der Waals surface area contributed by atoms with Crippen LogP contribution < -0.4 is 5.32 Å². The van der Waals surface area contributed by atoms with Crippen LogP contribution in [0.4, 0.5) is 23.5 Å². The van der Waals surface area contributed by atoms with E-state index in [9.17, 15) is 17.6 Å². The van der Waals surface area contributed by atoms with Crippen LogP contribution in [0.25, 0.3) is 33.8 Å². The number of benzene rings is 3. The summed E-state index contributed by atoms with van der Waals surface area (Å²) in [6.07, 6.45) is -2.46. The molecule has 2 aromatic heterocycles. The molecule has 0 spiro atoms. The Balaban J connectivity index is 1.39. The van der Waals surface area contributed by atoms with Crippen molar-refractivity contribution in [3.63, 3.8) is 0 Å². The van der Waals surface area contributed by atoms with Gasteiger partial charge in [0, 0.05) is 24.8 Å². The molecule has 0 aliphatic heterocycles. The SMILES string of the molecule is Fc1ccc(-c2ncn(CCC(F)(F)F)c2-c2ccnc(NCc3ccc(-c4ccccc4)cc3)n2)cc1. The van der Waals surface area contributed by atoms with E-state index in [2.05, 4.69) is 20.3 Å². The van der Waals surface area contributed by atoms with Gasteiger partial charge in [0.1, 0.15) is 5.82 Å². The Bertz CT molecular complexity index is 1500. The molecule has 2 heterocycles. The summed E-state index contributed by atoms with van der Waals surface area (Å²) in [6.45, 7) is 0.129. The van der Waals surface area contributed by atoms with E-state index in [1.165, 1.54) is 35.2 Å². The molecule has 0 radical (unpaired) electrons. The standard InChI is InChI=1S/C29H23F4N5/c30-24-12-10-23(11-13-24)26-27(38(19-36-26)17-15-29(31,32)33)25-14-16-34-28(37-25)35-18-20-6-8-22(9-7-20)21-4-2-1-3-5-21/h1-14,16,19H,15,17-18H2,(H,34,35,37). The lowest BCUT2D eigenvalue weighted by Gasteiger charge is -2.13. The van der Waals surface area contributed by atoms with Crippen LogP contribution in [0.1, 0.15) is 12.0 Å². The summed E-state index contributed by atoms with van der Waals surface area (Å²) in [5.41, 5.74) is 5.03. The van der Waals surface area contributed by atoms with E-state index >= 15 is 0 Å². The van der Waals surface area contributed by atoms with Crippen molar-refractivity contribution in [3.8, 4) is 33.8 Å². The third-order valence-corrected chi connectivity index (χ3v) is 6.00. The Morgan fingerprint density at radius 2 is 1.45 bits per heavy atom. The summed E-state index contributed by atoms with van der Waals surface area (Å²) in [5, 5.41) is 3.18. The first-order valence-corrected chi connectivity index (χ1v) is 12.0. The quantitative estimate of drug-likeness (QED) is 0.218. The molecule has 0 fully saturated rings. The third-order valence-electron chi connectivity index (χ3n) is 6.00. The first-order valence-electron chi connectivity index (χ1n) is 12.0. The molecule has 5 nitrogen and oxygen atoms in total. The molecular formula is C29H23F4N5. The maximum Gasteiger partial charge on any atom is 0.390 e. The lowest BCUT2D eigenvalue weighted by Crippen LogP contribution is -2.13. The Labute approximate surface area is 216 Å². The van der Waals surface area contributed by atoms with Crippen LogP contribution in [0.2, 0.25) is 0 Å². The minimum Gasteiger partial charge on any atom is -0.350 e. The van der Waals surface area contributed by atoms with E-state index in [0.717, 1.165) is 16.7 Å². The van der Waals surface area contributed by atoms with E-state index < -0.39 is 18.4 Å². The molecule has 0 aliphatic rings. The zero-order valence-electron chi connectivity index (χ0n) is 20.2. The van der Waals surface area contributed by atoms with E-state index in [1.54, 1.807) is 12.3 Å². The molecule has 0 aliphatic carbocycles. The van der Waals surface area contributed by atoms with E-state index in [-0.39, 0.29) is 6.54 Å². The molecule has 5 rings (SSSR count). The number of alkyl halides is 3. The van der Waals surface area contributed by atoms with Crippen LogP contribution in [0.3, 0.4) is 0 Å². The molecule has 3 aromatic carbocycles.